The lowest BCUT2D eigenvalue weighted by molar-refractivity contribution is -0.123. The quantitative estimate of drug-likeness (QED) is 0.688. The van der Waals surface area contributed by atoms with E-state index in [9.17, 15) is 14.7 Å². The number of hydrogen-bond acceptors (Lipinski definition) is 3. The standard InChI is InChI=1S/C11H16O3/c1-4-7(12)10-8(13)5-11(2,3)6-9(10)14/h13H,4-6H2,1-3H3. The van der Waals surface area contributed by atoms with Gasteiger partial charge in [-0.05, 0) is 5.41 Å². The smallest absolute Gasteiger partial charge is 0.170 e. The molecule has 0 heterocycles. The van der Waals surface area contributed by atoms with Gasteiger partial charge in [0.2, 0.25) is 0 Å². The van der Waals surface area contributed by atoms with Crippen LogP contribution in [0.3, 0.4) is 0 Å². The second-order valence-corrected chi connectivity index (χ2v) is 4.54. The van der Waals surface area contributed by atoms with Crippen molar-refractivity contribution in [3.63, 3.8) is 0 Å². The Bertz CT molecular complexity index is 310. The first-order valence-corrected chi connectivity index (χ1v) is 4.86. The van der Waals surface area contributed by atoms with Crippen LogP contribution >= 0.6 is 0 Å². The largest absolute Gasteiger partial charge is 0.511 e. The van der Waals surface area contributed by atoms with Crippen molar-refractivity contribution in [1.29, 1.82) is 0 Å². The molecular weight excluding hydrogens is 180 g/mol. The SMILES string of the molecule is CCC(=O)C1=C(O)CC(C)(C)CC1=O. The van der Waals surface area contributed by atoms with E-state index in [1.807, 2.05) is 13.8 Å². The first-order chi connectivity index (χ1) is 6.37. The second kappa shape index (κ2) is 3.56. The molecular formula is C11H16O3. The first kappa shape index (κ1) is 11.0. The molecule has 0 aromatic carbocycles. The predicted octanol–water partition coefficient (Wildman–Crippen LogP) is 2.17. The summed E-state index contributed by atoms with van der Waals surface area (Å²) in [6, 6.07) is 0. The van der Waals surface area contributed by atoms with Crippen LogP contribution in [0.25, 0.3) is 0 Å². The summed E-state index contributed by atoms with van der Waals surface area (Å²) in [4.78, 5) is 22.9. The van der Waals surface area contributed by atoms with Crippen molar-refractivity contribution in [3.8, 4) is 0 Å². The van der Waals surface area contributed by atoms with Crippen LogP contribution in [0, 0.1) is 5.41 Å². The molecule has 0 unspecified atom stereocenters. The number of Topliss-reactive ketones (excluding diaryl/α,β-unsaturated/α-hetero) is 2. The zero-order valence-electron chi connectivity index (χ0n) is 8.89. The molecule has 1 aliphatic rings. The van der Waals surface area contributed by atoms with Gasteiger partial charge in [0, 0.05) is 19.3 Å². The zero-order valence-corrected chi connectivity index (χ0v) is 8.89. The van der Waals surface area contributed by atoms with Crippen LogP contribution in [-0.2, 0) is 9.59 Å². The summed E-state index contributed by atoms with van der Waals surface area (Å²) >= 11 is 0. The molecule has 0 spiro atoms. The van der Waals surface area contributed by atoms with Crippen LogP contribution in [0.15, 0.2) is 11.3 Å². The molecule has 0 bridgehead atoms. The normalized spacial score (nSPS) is 21.2. The molecule has 0 saturated carbocycles. The van der Waals surface area contributed by atoms with E-state index in [-0.39, 0.29) is 34.7 Å². The van der Waals surface area contributed by atoms with Crippen LogP contribution < -0.4 is 0 Å². The van der Waals surface area contributed by atoms with Gasteiger partial charge in [0.25, 0.3) is 0 Å². The molecule has 0 saturated heterocycles. The number of carbonyl (C=O) groups excluding carboxylic acids is 2. The van der Waals surface area contributed by atoms with Gasteiger partial charge < -0.3 is 5.11 Å². The Hall–Kier alpha value is -1.12. The van der Waals surface area contributed by atoms with Crippen LogP contribution in [0.5, 0.6) is 0 Å². The van der Waals surface area contributed by atoms with Gasteiger partial charge in [-0.2, -0.15) is 0 Å². The van der Waals surface area contributed by atoms with Crippen molar-refractivity contribution in [3.05, 3.63) is 11.3 Å². The number of aliphatic hydroxyl groups is 1. The number of rotatable bonds is 2. The van der Waals surface area contributed by atoms with Gasteiger partial charge in [-0.15, -0.1) is 0 Å². The summed E-state index contributed by atoms with van der Waals surface area (Å²) in [7, 11) is 0. The van der Waals surface area contributed by atoms with E-state index < -0.39 is 0 Å². The van der Waals surface area contributed by atoms with E-state index in [1.165, 1.54) is 0 Å². The van der Waals surface area contributed by atoms with E-state index in [4.69, 9.17) is 0 Å². The molecule has 0 amide bonds. The van der Waals surface area contributed by atoms with E-state index in [0.717, 1.165) is 0 Å². The Kier molecular flexibility index (Phi) is 2.79. The number of carbonyl (C=O) groups is 2. The maximum Gasteiger partial charge on any atom is 0.170 e. The Morgan fingerprint density at radius 1 is 1.43 bits per heavy atom. The van der Waals surface area contributed by atoms with E-state index in [0.29, 0.717) is 12.8 Å². The minimum Gasteiger partial charge on any atom is -0.511 e. The van der Waals surface area contributed by atoms with Crippen LogP contribution in [0.2, 0.25) is 0 Å². The highest BCUT2D eigenvalue weighted by molar-refractivity contribution is 6.21. The fraction of sp³-hybridized carbons (Fsp3) is 0.636. The number of aliphatic hydroxyl groups excluding tert-OH is 1. The lowest BCUT2D eigenvalue weighted by Crippen LogP contribution is -2.28. The summed E-state index contributed by atoms with van der Waals surface area (Å²) in [5.41, 5.74) is -0.189. The molecule has 0 aromatic rings. The number of ketones is 2. The Morgan fingerprint density at radius 2 is 2.00 bits per heavy atom. The van der Waals surface area contributed by atoms with E-state index in [1.54, 1.807) is 6.92 Å². The highest BCUT2D eigenvalue weighted by Gasteiger charge is 2.35. The maximum absolute atomic E-state index is 11.6. The molecule has 0 aromatic heterocycles. The molecule has 1 rings (SSSR count). The van der Waals surface area contributed by atoms with Crippen molar-refractivity contribution in [2.45, 2.75) is 40.0 Å². The lowest BCUT2D eigenvalue weighted by atomic mass is 9.75. The minimum atomic E-state index is -0.247. The summed E-state index contributed by atoms with van der Waals surface area (Å²) in [6.45, 7) is 5.51. The Balaban J connectivity index is 3.05. The van der Waals surface area contributed by atoms with Crippen LogP contribution in [0.4, 0.5) is 0 Å². The maximum atomic E-state index is 11.6. The molecule has 3 heteroatoms. The van der Waals surface area contributed by atoms with Gasteiger partial charge in [0.05, 0.1) is 5.57 Å². The third kappa shape index (κ3) is 2.03. The van der Waals surface area contributed by atoms with Crippen molar-refractivity contribution in [1.82, 2.24) is 0 Å². The highest BCUT2D eigenvalue weighted by atomic mass is 16.3. The van der Waals surface area contributed by atoms with Crippen molar-refractivity contribution >= 4 is 11.6 Å². The second-order valence-electron chi connectivity index (χ2n) is 4.54. The van der Waals surface area contributed by atoms with Crippen molar-refractivity contribution in [2.24, 2.45) is 5.41 Å². The van der Waals surface area contributed by atoms with E-state index in [2.05, 4.69) is 0 Å². The third-order valence-corrected chi connectivity index (χ3v) is 2.45. The third-order valence-electron chi connectivity index (χ3n) is 2.45. The minimum absolute atomic E-state index is 0.0295. The van der Waals surface area contributed by atoms with Gasteiger partial charge in [0.1, 0.15) is 5.76 Å². The molecule has 3 nitrogen and oxygen atoms in total. The molecule has 0 atom stereocenters. The van der Waals surface area contributed by atoms with Crippen molar-refractivity contribution < 1.29 is 14.7 Å². The molecule has 1 N–H and O–H groups in total. The molecule has 14 heavy (non-hydrogen) atoms. The van der Waals surface area contributed by atoms with Gasteiger partial charge in [-0.3, -0.25) is 9.59 Å². The average molecular weight is 196 g/mol. The summed E-state index contributed by atoms with van der Waals surface area (Å²) in [5, 5.41) is 9.61. The zero-order chi connectivity index (χ0) is 10.9. The monoisotopic (exact) mass is 196 g/mol. The van der Waals surface area contributed by atoms with Gasteiger partial charge in [-0.1, -0.05) is 20.8 Å². The fourth-order valence-corrected chi connectivity index (χ4v) is 1.78. The van der Waals surface area contributed by atoms with E-state index >= 15 is 0 Å². The molecule has 0 fully saturated rings. The molecule has 0 aliphatic heterocycles. The lowest BCUT2D eigenvalue weighted by Gasteiger charge is -2.28. The van der Waals surface area contributed by atoms with Crippen molar-refractivity contribution in [2.75, 3.05) is 0 Å². The Morgan fingerprint density at radius 3 is 2.43 bits per heavy atom. The highest BCUT2D eigenvalue weighted by Crippen LogP contribution is 2.36. The topological polar surface area (TPSA) is 54.4 Å². The van der Waals surface area contributed by atoms with Crippen LogP contribution in [0.1, 0.15) is 40.0 Å². The molecule has 0 radical (unpaired) electrons. The van der Waals surface area contributed by atoms with Crippen LogP contribution in [-0.4, -0.2) is 16.7 Å². The Labute approximate surface area is 83.8 Å². The summed E-state index contributed by atoms with van der Waals surface area (Å²) < 4.78 is 0. The van der Waals surface area contributed by atoms with Gasteiger partial charge in [-0.25, -0.2) is 0 Å². The summed E-state index contributed by atoms with van der Waals surface area (Å²) in [5.74, 6) is -0.494. The van der Waals surface area contributed by atoms with Gasteiger partial charge in [0.15, 0.2) is 11.6 Å². The first-order valence-electron chi connectivity index (χ1n) is 4.86. The molecule has 78 valence electrons. The number of allylic oxidation sites excluding steroid dienone is 2. The summed E-state index contributed by atoms with van der Waals surface area (Å²) in [6.07, 6.45) is 1.03. The molecule has 1 aliphatic carbocycles. The average Bonchev–Trinajstić information content (AvgIpc) is 1.99. The predicted molar refractivity (Wildman–Crippen MR) is 53.0 cm³/mol. The number of hydrogen-bond donors (Lipinski definition) is 1. The fourth-order valence-electron chi connectivity index (χ4n) is 1.78. The van der Waals surface area contributed by atoms with Gasteiger partial charge >= 0.3 is 0 Å².